The van der Waals surface area contributed by atoms with E-state index in [-0.39, 0.29) is 29.6 Å². The number of ketones is 1. The molecule has 1 aliphatic heterocycles. The number of hydrogen-bond donors (Lipinski definition) is 1. The second kappa shape index (κ2) is 6.94. The number of amides is 1. The van der Waals surface area contributed by atoms with Crippen molar-refractivity contribution in [2.75, 3.05) is 5.32 Å². The standard InChI is InChI=1S/C20H17F2N3O2S/c1-3-12-5-7-16(28-12)19(27)13-9-17(26)23-20-18(13)10(2)24-25(20)15-6-4-11(21)8-14(15)22/h4-8,13H,3,9H2,1-2H3,(H,23,26)/t13-/m1/s1. The van der Waals surface area contributed by atoms with E-state index in [4.69, 9.17) is 0 Å². The van der Waals surface area contributed by atoms with Crippen molar-refractivity contribution < 1.29 is 18.4 Å². The summed E-state index contributed by atoms with van der Waals surface area (Å²) in [6.07, 6.45) is 0.832. The summed E-state index contributed by atoms with van der Waals surface area (Å²) in [6.45, 7) is 3.72. The van der Waals surface area contributed by atoms with Crippen molar-refractivity contribution in [2.24, 2.45) is 0 Å². The lowest BCUT2D eigenvalue weighted by Crippen LogP contribution is -2.28. The fourth-order valence-corrected chi connectivity index (χ4v) is 4.41. The van der Waals surface area contributed by atoms with Crippen LogP contribution in [0.3, 0.4) is 0 Å². The molecule has 1 aliphatic rings. The summed E-state index contributed by atoms with van der Waals surface area (Å²) in [7, 11) is 0. The molecule has 4 rings (SSSR count). The zero-order valence-corrected chi connectivity index (χ0v) is 16.1. The number of anilines is 1. The van der Waals surface area contributed by atoms with Gasteiger partial charge in [-0.2, -0.15) is 5.10 Å². The van der Waals surface area contributed by atoms with Gasteiger partial charge in [0, 0.05) is 22.9 Å². The quantitative estimate of drug-likeness (QED) is 0.660. The van der Waals surface area contributed by atoms with Crippen molar-refractivity contribution in [2.45, 2.75) is 32.6 Å². The summed E-state index contributed by atoms with van der Waals surface area (Å²) in [5.41, 5.74) is 1.09. The highest BCUT2D eigenvalue weighted by Gasteiger charge is 2.37. The van der Waals surface area contributed by atoms with Crippen LogP contribution in [0.1, 0.15) is 45.1 Å². The minimum absolute atomic E-state index is 0.00328. The van der Waals surface area contributed by atoms with Crippen molar-refractivity contribution in [3.8, 4) is 5.69 Å². The molecule has 5 nitrogen and oxygen atoms in total. The lowest BCUT2D eigenvalue weighted by molar-refractivity contribution is -0.116. The highest BCUT2D eigenvalue weighted by molar-refractivity contribution is 7.14. The number of Topliss-reactive ketones (excluding diaryl/α,β-unsaturated/α-hetero) is 1. The Morgan fingerprint density at radius 3 is 2.79 bits per heavy atom. The third-order valence-electron chi connectivity index (χ3n) is 4.81. The topological polar surface area (TPSA) is 64.0 Å². The zero-order valence-electron chi connectivity index (χ0n) is 15.3. The van der Waals surface area contributed by atoms with Gasteiger partial charge in [-0.25, -0.2) is 13.5 Å². The largest absolute Gasteiger partial charge is 0.310 e. The Hall–Kier alpha value is -2.87. The number of aromatic nitrogens is 2. The first-order chi connectivity index (χ1) is 13.4. The second-order valence-electron chi connectivity index (χ2n) is 6.64. The SMILES string of the molecule is CCc1ccc(C(=O)[C@@H]2CC(=O)Nc3c2c(C)nn3-c2ccc(F)cc2F)s1. The summed E-state index contributed by atoms with van der Waals surface area (Å²) in [4.78, 5) is 27.1. The van der Waals surface area contributed by atoms with E-state index in [1.165, 1.54) is 22.1 Å². The maximum absolute atomic E-state index is 14.3. The summed E-state index contributed by atoms with van der Waals surface area (Å²) < 4.78 is 28.8. The highest BCUT2D eigenvalue weighted by atomic mass is 32.1. The molecule has 144 valence electrons. The third kappa shape index (κ3) is 3.03. The third-order valence-corrected chi connectivity index (χ3v) is 6.05. The van der Waals surface area contributed by atoms with Crippen LogP contribution in [0, 0.1) is 18.6 Å². The van der Waals surface area contributed by atoms with Gasteiger partial charge in [0.05, 0.1) is 16.5 Å². The number of hydrogen-bond acceptors (Lipinski definition) is 4. The Morgan fingerprint density at radius 1 is 1.32 bits per heavy atom. The predicted molar refractivity (Wildman–Crippen MR) is 102 cm³/mol. The number of carbonyl (C=O) groups is 2. The van der Waals surface area contributed by atoms with Gasteiger partial charge in [0.15, 0.2) is 11.6 Å². The zero-order chi connectivity index (χ0) is 20.0. The number of nitrogens with one attached hydrogen (secondary N) is 1. The van der Waals surface area contributed by atoms with E-state index in [1.807, 2.05) is 13.0 Å². The monoisotopic (exact) mass is 401 g/mol. The van der Waals surface area contributed by atoms with Crippen LogP contribution in [0.4, 0.5) is 14.6 Å². The molecule has 1 aromatic carbocycles. The van der Waals surface area contributed by atoms with Gasteiger partial charge in [-0.15, -0.1) is 11.3 Å². The Morgan fingerprint density at radius 2 is 2.11 bits per heavy atom. The number of halogens is 2. The molecule has 0 saturated carbocycles. The van der Waals surface area contributed by atoms with Crippen molar-refractivity contribution >= 4 is 28.8 Å². The molecule has 0 aliphatic carbocycles. The fourth-order valence-electron chi connectivity index (χ4n) is 3.47. The number of fused-ring (bicyclic) bond motifs is 1. The number of nitrogens with zero attached hydrogens (tertiary/aromatic N) is 2. The van der Waals surface area contributed by atoms with Crippen LogP contribution in [0.5, 0.6) is 0 Å². The summed E-state index contributed by atoms with van der Waals surface area (Å²) in [5.74, 6) is -2.45. The van der Waals surface area contributed by atoms with Gasteiger partial charge in [-0.05, 0) is 37.6 Å². The van der Waals surface area contributed by atoms with E-state index >= 15 is 0 Å². The van der Waals surface area contributed by atoms with Gasteiger partial charge in [0.2, 0.25) is 5.91 Å². The summed E-state index contributed by atoms with van der Waals surface area (Å²) >= 11 is 1.41. The molecular formula is C20H17F2N3O2S. The number of thiophene rings is 1. The first kappa shape index (κ1) is 18.5. The van der Waals surface area contributed by atoms with Crippen molar-refractivity contribution in [1.29, 1.82) is 0 Å². The van der Waals surface area contributed by atoms with Gasteiger partial charge in [0.1, 0.15) is 17.3 Å². The Bertz CT molecular complexity index is 1100. The maximum atomic E-state index is 14.3. The van der Waals surface area contributed by atoms with Crippen LogP contribution in [0.25, 0.3) is 5.69 Å². The highest BCUT2D eigenvalue weighted by Crippen LogP contribution is 2.39. The van der Waals surface area contributed by atoms with Gasteiger partial charge < -0.3 is 5.32 Å². The van der Waals surface area contributed by atoms with Gasteiger partial charge in [0.25, 0.3) is 0 Å². The molecule has 8 heteroatoms. The Kier molecular flexibility index (Phi) is 4.58. The molecule has 0 fully saturated rings. The van der Waals surface area contributed by atoms with Crippen molar-refractivity contribution in [3.63, 3.8) is 0 Å². The normalized spacial score (nSPS) is 16.0. The van der Waals surface area contributed by atoms with Crippen molar-refractivity contribution in [1.82, 2.24) is 9.78 Å². The molecule has 0 saturated heterocycles. The molecule has 1 amide bonds. The number of aryl methyl sites for hydroxylation is 2. The fraction of sp³-hybridized carbons (Fsp3) is 0.250. The first-order valence-electron chi connectivity index (χ1n) is 8.86. The van der Waals surface area contributed by atoms with E-state index in [9.17, 15) is 18.4 Å². The molecule has 1 atom stereocenters. The Labute approximate surface area is 164 Å². The van der Waals surface area contributed by atoms with Crippen LogP contribution in [0.15, 0.2) is 30.3 Å². The maximum Gasteiger partial charge on any atom is 0.226 e. The molecule has 0 unspecified atom stereocenters. The second-order valence-corrected chi connectivity index (χ2v) is 7.81. The molecule has 1 N–H and O–H groups in total. The van der Waals surface area contributed by atoms with Crippen LogP contribution < -0.4 is 5.32 Å². The summed E-state index contributed by atoms with van der Waals surface area (Å²) in [6, 6.07) is 6.81. The van der Waals surface area contributed by atoms with E-state index in [1.54, 1.807) is 13.0 Å². The molecule has 28 heavy (non-hydrogen) atoms. The van der Waals surface area contributed by atoms with E-state index in [2.05, 4.69) is 10.4 Å². The van der Waals surface area contributed by atoms with E-state index < -0.39 is 17.6 Å². The molecule has 0 bridgehead atoms. The number of rotatable bonds is 4. The predicted octanol–water partition coefficient (Wildman–Crippen LogP) is 4.39. The molecule has 3 aromatic rings. The van der Waals surface area contributed by atoms with Gasteiger partial charge >= 0.3 is 0 Å². The first-order valence-corrected chi connectivity index (χ1v) is 9.68. The van der Waals surface area contributed by atoms with Crippen LogP contribution in [-0.2, 0) is 11.2 Å². The average Bonchev–Trinajstić information content (AvgIpc) is 3.26. The molecule has 3 heterocycles. The lowest BCUT2D eigenvalue weighted by Gasteiger charge is -2.22. The summed E-state index contributed by atoms with van der Waals surface area (Å²) in [5, 5.41) is 7.02. The minimum Gasteiger partial charge on any atom is -0.310 e. The molecule has 0 radical (unpaired) electrons. The van der Waals surface area contributed by atoms with Crippen LogP contribution in [-0.4, -0.2) is 21.5 Å². The minimum atomic E-state index is -0.807. The molecule has 0 spiro atoms. The lowest BCUT2D eigenvalue weighted by atomic mass is 9.87. The Balaban J connectivity index is 1.82. The van der Waals surface area contributed by atoms with E-state index in [0.717, 1.165) is 23.4 Å². The molecular weight excluding hydrogens is 384 g/mol. The smallest absolute Gasteiger partial charge is 0.226 e. The molecule has 2 aromatic heterocycles. The number of carbonyl (C=O) groups excluding carboxylic acids is 2. The number of benzene rings is 1. The van der Waals surface area contributed by atoms with Gasteiger partial charge in [-0.1, -0.05) is 6.92 Å². The van der Waals surface area contributed by atoms with Crippen LogP contribution >= 0.6 is 11.3 Å². The van der Waals surface area contributed by atoms with Gasteiger partial charge in [-0.3, -0.25) is 9.59 Å². The average molecular weight is 401 g/mol. The van der Waals surface area contributed by atoms with Crippen molar-refractivity contribution in [3.05, 3.63) is 63.0 Å². The van der Waals surface area contributed by atoms with E-state index in [0.29, 0.717) is 16.1 Å². The van der Waals surface area contributed by atoms with Crippen LogP contribution in [0.2, 0.25) is 0 Å².